The number of rotatable bonds is 45. The third kappa shape index (κ3) is 31.1. The van der Waals surface area contributed by atoms with Crippen LogP contribution in [0.3, 0.4) is 0 Å². The largest absolute Gasteiger partial charge is 0.493 e. The molecular formula is C96H92N26O18S5. The van der Waals surface area contributed by atoms with Gasteiger partial charge in [-0.15, -0.1) is 10.2 Å². The zero-order valence-electron chi connectivity index (χ0n) is 78.1. The second kappa shape index (κ2) is 47.9. The first-order chi connectivity index (χ1) is 69.4. The summed E-state index contributed by atoms with van der Waals surface area (Å²) in [5.41, 5.74) is 8.96. The minimum atomic E-state index is -4.89. The third-order valence-electron chi connectivity index (χ3n) is 20.7. The molecule has 0 radical (unpaired) electrons. The van der Waals surface area contributed by atoms with Crippen LogP contribution in [0.2, 0.25) is 0 Å². The second-order valence-corrected chi connectivity index (χ2v) is 39.1. The molecule has 145 heavy (non-hydrogen) atoms. The molecule has 9 N–H and O–H groups in total. The summed E-state index contributed by atoms with van der Waals surface area (Å²) < 4.78 is 190. The van der Waals surface area contributed by atoms with Gasteiger partial charge in [0.05, 0.1) is 121 Å². The Bertz CT molecular complexity index is 7950. The van der Waals surface area contributed by atoms with Gasteiger partial charge in [0.15, 0.2) is 0 Å². The van der Waals surface area contributed by atoms with Crippen LogP contribution in [0.5, 0.6) is 17.2 Å². The lowest BCUT2D eigenvalue weighted by atomic mass is 10.0. The molecule has 14 aromatic rings. The SMILES string of the molecule is CCCCOc1cc(N=Nc2ccc(N=Nc3ccccc3)cc2S(=O)(=O)O)c(C)cc1Nc1nc(NCCNc2nc(Cc3cc(C)c(N=Nc4ccc(N=Nc5ccccc5)cc4S(=O)(=O)O)cc3OCCC)nc(Cc3cc(C)c(N=Nc4ccc(N=Nc5ccc(S(=O)(=O)O)cc5)cc4)cc3OCCCS(=O)(=O)O)n2)nc(Nc2ccc(N=Nc3ccc(N=Nc4ccc(S(=O)(=O)O)cc4)cc3)c(C)c2)n1. The summed E-state index contributed by atoms with van der Waals surface area (Å²) in [6.45, 7) is 11.5. The van der Waals surface area contributed by atoms with Crippen LogP contribution < -0.4 is 35.5 Å². The minimum absolute atomic E-state index is 0.00239. The van der Waals surface area contributed by atoms with E-state index in [4.69, 9.17) is 44.1 Å². The summed E-state index contributed by atoms with van der Waals surface area (Å²) in [5.74, 6) is 0.801. The normalized spacial score (nSPS) is 12.4. The van der Waals surface area contributed by atoms with Gasteiger partial charge in [-0.3, -0.25) is 22.8 Å². The molecule has 0 saturated heterocycles. The first kappa shape index (κ1) is 104. The maximum absolute atomic E-state index is 12.9. The molecule has 0 atom stereocenters. The average molecular weight is 2060 g/mol. The fourth-order valence-electron chi connectivity index (χ4n) is 13.4. The molecule has 0 unspecified atom stereocenters. The Labute approximate surface area is 832 Å². The number of azo groups is 8. The highest BCUT2D eigenvalue weighted by molar-refractivity contribution is 7.87. The summed E-state index contributed by atoms with van der Waals surface area (Å²) >= 11 is 0. The summed E-state index contributed by atoms with van der Waals surface area (Å²) in [5, 5.41) is 82.2. The second-order valence-electron chi connectivity index (χ2n) is 31.9. The molecule has 0 spiro atoms. The van der Waals surface area contributed by atoms with Gasteiger partial charge >= 0.3 is 0 Å². The molecule has 744 valence electrons. The van der Waals surface area contributed by atoms with E-state index in [0.717, 1.165) is 18.6 Å². The zero-order chi connectivity index (χ0) is 103. The van der Waals surface area contributed by atoms with Crippen LogP contribution in [0, 0.1) is 27.7 Å². The van der Waals surface area contributed by atoms with Crippen molar-refractivity contribution in [2.24, 2.45) is 81.8 Å². The lowest BCUT2D eigenvalue weighted by Gasteiger charge is -2.16. The predicted molar refractivity (Wildman–Crippen MR) is 540 cm³/mol. The topological polar surface area (TPSA) is 623 Å². The van der Waals surface area contributed by atoms with Gasteiger partial charge in [-0.05, 0) is 263 Å². The van der Waals surface area contributed by atoms with Gasteiger partial charge in [-0.2, -0.15) is 139 Å². The molecule has 0 saturated carbocycles. The van der Waals surface area contributed by atoms with Crippen LogP contribution in [-0.2, 0) is 63.4 Å². The number of nitrogens with zero attached hydrogens (tertiary/aromatic N) is 22. The fourth-order valence-corrected chi connectivity index (χ4v) is 16.1. The van der Waals surface area contributed by atoms with E-state index >= 15 is 0 Å². The molecular weight excluding hydrogens is 1970 g/mol. The molecule has 0 fully saturated rings. The predicted octanol–water partition coefficient (Wildman–Crippen LogP) is 25.4. The van der Waals surface area contributed by atoms with Gasteiger partial charge in [-0.25, -0.2) is 4.98 Å². The van der Waals surface area contributed by atoms with Crippen molar-refractivity contribution in [3.8, 4) is 17.2 Å². The average Bonchev–Trinajstić information content (AvgIpc) is 0.807. The molecule has 44 nitrogen and oxygen atoms in total. The van der Waals surface area contributed by atoms with Crippen molar-refractivity contribution in [2.45, 2.75) is 99.6 Å². The van der Waals surface area contributed by atoms with Crippen LogP contribution in [0.1, 0.15) is 84.6 Å². The Balaban J connectivity index is 0.780. The van der Waals surface area contributed by atoms with Gasteiger partial charge in [0.25, 0.3) is 50.6 Å². The van der Waals surface area contributed by atoms with E-state index in [2.05, 4.69) is 103 Å². The maximum atomic E-state index is 12.9. The number of anilines is 6. The minimum Gasteiger partial charge on any atom is -0.493 e. The van der Waals surface area contributed by atoms with E-state index in [1.807, 2.05) is 26.8 Å². The summed E-state index contributed by atoms with van der Waals surface area (Å²) in [4.78, 5) is 27.7. The highest BCUT2D eigenvalue weighted by Gasteiger charge is 2.24. The van der Waals surface area contributed by atoms with E-state index in [9.17, 15) is 64.9 Å². The molecule has 0 aliphatic heterocycles. The molecule has 0 bridgehead atoms. The smallest absolute Gasteiger partial charge is 0.296 e. The first-order valence-corrected chi connectivity index (χ1v) is 51.7. The number of hydrogen-bond donors (Lipinski definition) is 9. The van der Waals surface area contributed by atoms with Gasteiger partial charge in [0, 0.05) is 60.9 Å². The first-order valence-electron chi connectivity index (χ1n) is 44.3. The highest BCUT2D eigenvalue weighted by atomic mass is 32.2. The highest BCUT2D eigenvalue weighted by Crippen LogP contribution is 2.42. The Morgan fingerprint density at radius 2 is 0.628 bits per heavy atom. The van der Waals surface area contributed by atoms with E-state index < -0.39 is 66.1 Å². The van der Waals surface area contributed by atoms with Gasteiger partial charge in [0.2, 0.25) is 23.8 Å². The van der Waals surface area contributed by atoms with Crippen molar-refractivity contribution in [3.05, 3.63) is 294 Å². The number of aryl methyl sites for hydroxylation is 4. The summed E-state index contributed by atoms with van der Waals surface area (Å²) in [7, 11) is -23.0. The molecule has 2 aromatic heterocycles. The molecule has 0 aliphatic rings. The lowest BCUT2D eigenvalue weighted by Crippen LogP contribution is -2.19. The van der Waals surface area contributed by atoms with E-state index in [0.29, 0.717) is 120 Å². The van der Waals surface area contributed by atoms with Crippen LogP contribution in [-0.4, -0.2) is 133 Å². The van der Waals surface area contributed by atoms with Gasteiger partial charge in [0.1, 0.15) is 50.1 Å². The molecule has 2 heterocycles. The van der Waals surface area contributed by atoms with Gasteiger partial charge < -0.3 is 35.5 Å². The molecule has 49 heteroatoms. The number of ether oxygens (including phenoxy) is 3. The van der Waals surface area contributed by atoms with E-state index in [-0.39, 0.29) is 143 Å². The molecule has 0 amide bonds. The van der Waals surface area contributed by atoms with Crippen LogP contribution in [0.25, 0.3) is 0 Å². The van der Waals surface area contributed by atoms with Crippen molar-refractivity contribution in [1.29, 1.82) is 0 Å². The number of benzene rings is 12. The van der Waals surface area contributed by atoms with Crippen molar-refractivity contribution in [1.82, 2.24) is 29.9 Å². The Kier molecular flexibility index (Phi) is 34.5. The standard InChI is InChI=1S/C96H92N26O18S5/c1-7-9-46-140-88-59-84(122-119-81-42-35-76(56-90(81)145(135,136)137)116-108-67-19-14-11-15-20-67)63(6)52-85(88)100-96-105-94(104-95(106-96)99-74-33-40-79(62(5)51-74)117-113-70-25-21-68(22-26-70)109-111-72-29-36-77(37-30-72)142(126,127)128)98-44-43-97-93-102-91(53-64-50-61(4)83(58-86(64)138-45-8-2)121-118-80-41-34-75(55-89(80)144(132,133)134)115-107-66-17-12-10-13-18-66)101-92(103-93)54-65-49-60(3)82(57-87(65)139-47-16-48-141(123,124)125)120-114-71-27-23-69(24-28-71)110-112-73-31-38-78(39-32-73)143(129,130)131/h10-15,17-42,49-52,55-59H,7-9,16,43-48,53-54H2,1-6H3,(H,123,124,125)(H,126,127,128)(H,129,130,131)(H,132,133,134)(H,135,136,137)(H,97,101,102,103)(H3,98,99,100,104,105,106). The van der Waals surface area contributed by atoms with Crippen molar-refractivity contribution >= 4 is 177 Å². The van der Waals surface area contributed by atoms with Crippen molar-refractivity contribution in [3.63, 3.8) is 0 Å². The van der Waals surface area contributed by atoms with Crippen LogP contribution in [0.4, 0.5) is 126 Å². The molecule has 12 aromatic carbocycles. The maximum Gasteiger partial charge on any atom is 0.296 e. The zero-order valence-corrected chi connectivity index (χ0v) is 82.2. The number of hydrogen-bond acceptors (Lipinski definition) is 39. The fraction of sp³-hybridized carbons (Fsp3) is 0.188. The monoisotopic (exact) mass is 2060 g/mol. The Morgan fingerprint density at radius 1 is 0.290 bits per heavy atom. The molecule has 14 rings (SSSR count). The molecule has 0 aliphatic carbocycles. The number of aromatic nitrogens is 6. The van der Waals surface area contributed by atoms with Gasteiger partial charge in [-0.1, -0.05) is 56.7 Å². The van der Waals surface area contributed by atoms with Crippen LogP contribution >= 0.6 is 0 Å². The Hall–Kier alpha value is -16.4. The van der Waals surface area contributed by atoms with E-state index in [1.54, 1.807) is 178 Å². The lowest BCUT2D eigenvalue weighted by molar-refractivity contribution is 0.311. The summed E-state index contributed by atoms with van der Waals surface area (Å²) in [6, 6.07) is 64.4. The quantitative estimate of drug-likeness (QED) is 0.00972. The number of unbranched alkanes of at least 4 members (excludes halogenated alkanes) is 1. The Morgan fingerprint density at radius 3 is 1.05 bits per heavy atom. The van der Waals surface area contributed by atoms with Crippen molar-refractivity contribution in [2.75, 3.05) is 59.9 Å². The summed E-state index contributed by atoms with van der Waals surface area (Å²) in [6.07, 6.45) is 1.79. The number of nitrogens with one attached hydrogen (secondary N) is 4. The van der Waals surface area contributed by atoms with E-state index in [1.165, 1.54) is 72.8 Å². The van der Waals surface area contributed by atoms with Crippen LogP contribution in [0.15, 0.2) is 350 Å². The third-order valence-corrected chi connectivity index (χ3v) is 25.0. The van der Waals surface area contributed by atoms with Crippen molar-refractivity contribution < 1.29 is 79.1 Å².